The molecule has 114 valence electrons. The van der Waals surface area contributed by atoms with Crippen molar-refractivity contribution in [3.8, 4) is 0 Å². The SMILES string of the molecule is CN(CC(=O)c1ccc(F)cc1)C(=O)CC1CCCCC1. The highest BCUT2D eigenvalue weighted by Crippen LogP contribution is 2.26. The second kappa shape index (κ2) is 7.34. The molecule has 0 N–H and O–H groups in total. The van der Waals surface area contributed by atoms with Crippen LogP contribution in [0.5, 0.6) is 0 Å². The quantitative estimate of drug-likeness (QED) is 0.779. The van der Waals surface area contributed by atoms with E-state index in [4.69, 9.17) is 0 Å². The summed E-state index contributed by atoms with van der Waals surface area (Å²) in [6.07, 6.45) is 6.44. The van der Waals surface area contributed by atoms with E-state index < -0.39 is 0 Å². The number of hydrogen-bond donors (Lipinski definition) is 0. The van der Waals surface area contributed by atoms with Crippen molar-refractivity contribution in [1.82, 2.24) is 4.90 Å². The highest BCUT2D eigenvalue weighted by Gasteiger charge is 2.20. The van der Waals surface area contributed by atoms with Crippen molar-refractivity contribution >= 4 is 11.7 Å². The normalized spacial score (nSPS) is 15.7. The first-order chi connectivity index (χ1) is 10.1. The maximum atomic E-state index is 12.8. The molecule has 0 bridgehead atoms. The first kappa shape index (κ1) is 15.7. The van der Waals surface area contributed by atoms with E-state index in [1.807, 2.05) is 0 Å². The lowest BCUT2D eigenvalue weighted by molar-refractivity contribution is -0.130. The third-order valence-corrected chi connectivity index (χ3v) is 4.16. The summed E-state index contributed by atoms with van der Waals surface area (Å²) in [6, 6.07) is 5.43. The first-order valence-corrected chi connectivity index (χ1v) is 7.59. The molecule has 0 saturated heterocycles. The number of halogens is 1. The fourth-order valence-corrected chi connectivity index (χ4v) is 2.82. The van der Waals surface area contributed by atoms with Crippen LogP contribution in [0.2, 0.25) is 0 Å². The summed E-state index contributed by atoms with van der Waals surface area (Å²) in [5.41, 5.74) is 0.439. The average molecular weight is 291 g/mol. The van der Waals surface area contributed by atoms with E-state index in [1.54, 1.807) is 7.05 Å². The Kier molecular flexibility index (Phi) is 5.48. The standard InChI is InChI=1S/C17H22FNO2/c1-19(17(21)11-13-5-3-2-4-6-13)12-16(20)14-7-9-15(18)10-8-14/h7-10,13H,2-6,11-12H2,1H3. The van der Waals surface area contributed by atoms with Gasteiger partial charge in [0.05, 0.1) is 6.54 Å². The predicted octanol–water partition coefficient (Wildman–Crippen LogP) is 3.44. The van der Waals surface area contributed by atoms with Gasteiger partial charge in [0.1, 0.15) is 5.82 Å². The van der Waals surface area contributed by atoms with Crippen LogP contribution in [0.4, 0.5) is 4.39 Å². The Morgan fingerprint density at radius 2 is 1.76 bits per heavy atom. The Morgan fingerprint density at radius 3 is 2.38 bits per heavy atom. The average Bonchev–Trinajstić information content (AvgIpc) is 2.48. The summed E-state index contributed by atoms with van der Waals surface area (Å²) in [5.74, 6) is -0.0326. The summed E-state index contributed by atoms with van der Waals surface area (Å²) in [4.78, 5) is 25.7. The molecular formula is C17H22FNO2. The zero-order valence-corrected chi connectivity index (χ0v) is 12.5. The van der Waals surface area contributed by atoms with Gasteiger partial charge < -0.3 is 4.90 Å². The van der Waals surface area contributed by atoms with Crippen molar-refractivity contribution < 1.29 is 14.0 Å². The molecule has 3 nitrogen and oxygen atoms in total. The highest BCUT2D eigenvalue weighted by molar-refractivity contribution is 5.99. The molecule has 1 aliphatic rings. The van der Waals surface area contributed by atoms with Crippen molar-refractivity contribution in [2.45, 2.75) is 38.5 Å². The number of likely N-dealkylation sites (N-methyl/N-ethyl adjacent to an activating group) is 1. The molecule has 0 aromatic heterocycles. The Hall–Kier alpha value is -1.71. The summed E-state index contributed by atoms with van der Waals surface area (Å²) in [5, 5.41) is 0. The third-order valence-electron chi connectivity index (χ3n) is 4.16. The number of amides is 1. The van der Waals surface area contributed by atoms with E-state index in [0.717, 1.165) is 12.8 Å². The molecule has 1 aromatic rings. The maximum absolute atomic E-state index is 12.8. The summed E-state index contributed by atoms with van der Waals surface area (Å²) in [7, 11) is 1.66. The molecule has 1 amide bonds. The van der Waals surface area contributed by atoms with Gasteiger partial charge in [0.15, 0.2) is 5.78 Å². The van der Waals surface area contributed by atoms with Crippen molar-refractivity contribution in [3.05, 3.63) is 35.6 Å². The number of nitrogens with zero attached hydrogens (tertiary/aromatic N) is 1. The minimum Gasteiger partial charge on any atom is -0.338 e. The fourth-order valence-electron chi connectivity index (χ4n) is 2.82. The van der Waals surface area contributed by atoms with Gasteiger partial charge in [-0.1, -0.05) is 19.3 Å². The second-order valence-corrected chi connectivity index (χ2v) is 5.89. The molecule has 0 radical (unpaired) electrons. The highest BCUT2D eigenvalue weighted by atomic mass is 19.1. The molecule has 1 saturated carbocycles. The maximum Gasteiger partial charge on any atom is 0.222 e. The molecule has 1 fully saturated rings. The van der Waals surface area contributed by atoms with Crippen molar-refractivity contribution in [3.63, 3.8) is 0 Å². The summed E-state index contributed by atoms with van der Waals surface area (Å²) >= 11 is 0. The van der Waals surface area contributed by atoms with Crippen LogP contribution in [0.15, 0.2) is 24.3 Å². The molecule has 0 unspecified atom stereocenters. The first-order valence-electron chi connectivity index (χ1n) is 7.59. The topological polar surface area (TPSA) is 37.4 Å². The summed E-state index contributed by atoms with van der Waals surface area (Å²) in [6.45, 7) is 0.0528. The Morgan fingerprint density at radius 1 is 1.14 bits per heavy atom. The van der Waals surface area contributed by atoms with Crippen LogP contribution in [-0.2, 0) is 4.79 Å². The van der Waals surface area contributed by atoms with E-state index in [2.05, 4.69) is 0 Å². The zero-order valence-electron chi connectivity index (χ0n) is 12.5. The minimum atomic E-state index is -0.367. The number of ketones is 1. The Labute approximate surface area is 125 Å². The van der Waals surface area contributed by atoms with Gasteiger partial charge in [0.25, 0.3) is 0 Å². The molecule has 4 heteroatoms. The van der Waals surface area contributed by atoms with E-state index in [9.17, 15) is 14.0 Å². The van der Waals surface area contributed by atoms with Gasteiger partial charge in [-0.15, -0.1) is 0 Å². The molecule has 0 spiro atoms. The number of rotatable bonds is 5. The largest absolute Gasteiger partial charge is 0.338 e. The van der Waals surface area contributed by atoms with Gasteiger partial charge in [0.2, 0.25) is 5.91 Å². The lowest BCUT2D eigenvalue weighted by Crippen LogP contribution is -2.33. The van der Waals surface area contributed by atoms with Gasteiger partial charge in [-0.05, 0) is 43.0 Å². The number of carbonyl (C=O) groups excluding carboxylic acids is 2. The third kappa shape index (κ3) is 4.66. The molecule has 1 aromatic carbocycles. The summed E-state index contributed by atoms with van der Waals surface area (Å²) < 4.78 is 12.8. The van der Waals surface area contributed by atoms with Crippen LogP contribution in [0.25, 0.3) is 0 Å². The lowest BCUT2D eigenvalue weighted by atomic mass is 9.86. The molecule has 0 aliphatic heterocycles. The number of benzene rings is 1. The van der Waals surface area contributed by atoms with E-state index >= 15 is 0 Å². The van der Waals surface area contributed by atoms with E-state index in [-0.39, 0.29) is 24.1 Å². The molecule has 0 atom stereocenters. The zero-order chi connectivity index (χ0) is 15.2. The monoisotopic (exact) mass is 291 g/mol. The van der Waals surface area contributed by atoms with Gasteiger partial charge >= 0.3 is 0 Å². The minimum absolute atomic E-state index is 0.0253. The van der Waals surface area contributed by atoms with E-state index in [0.29, 0.717) is 17.9 Å². The molecule has 2 rings (SSSR count). The van der Waals surface area contributed by atoms with E-state index in [1.165, 1.54) is 48.4 Å². The number of hydrogen-bond acceptors (Lipinski definition) is 2. The Bertz CT molecular complexity index is 492. The van der Waals surface area contributed by atoms with Gasteiger partial charge in [-0.25, -0.2) is 4.39 Å². The van der Waals surface area contributed by atoms with Crippen LogP contribution in [-0.4, -0.2) is 30.2 Å². The van der Waals surface area contributed by atoms with Crippen LogP contribution in [0.1, 0.15) is 48.9 Å². The molecule has 0 heterocycles. The lowest BCUT2D eigenvalue weighted by Gasteiger charge is -2.24. The molecular weight excluding hydrogens is 269 g/mol. The van der Waals surface area contributed by atoms with Crippen LogP contribution >= 0.6 is 0 Å². The van der Waals surface area contributed by atoms with Crippen molar-refractivity contribution in [2.24, 2.45) is 5.92 Å². The van der Waals surface area contributed by atoms with Crippen LogP contribution in [0, 0.1) is 11.7 Å². The second-order valence-electron chi connectivity index (χ2n) is 5.89. The number of carbonyl (C=O) groups is 2. The Balaban J connectivity index is 1.84. The molecule has 1 aliphatic carbocycles. The van der Waals surface area contributed by atoms with Crippen LogP contribution in [0.3, 0.4) is 0 Å². The molecule has 21 heavy (non-hydrogen) atoms. The van der Waals surface area contributed by atoms with Crippen molar-refractivity contribution in [2.75, 3.05) is 13.6 Å². The fraction of sp³-hybridized carbons (Fsp3) is 0.529. The van der Waals surface area contributed by atoms with Crippen LogP contribution < -0.4 is 0 Å². The number of Topliss-reactive ketones (excluding diaryl/α,β-unsaturated/α-hetero) is 1. The van der Waals surface area contributed by atoms with Gasteiger partial charge in [-0.2, -0.15) is 0 Å². The predicted molar refractivity (Wildman–Crippen MR) is 79.6 cm³/mol. The van der Waals surface area contributed by atoms with Crippen molar-refractivity contribution in [1.29, 1.82) is 0 Å². The smallest absolute Gasteiger partial charge is 0.222 e. The van der Waals surface area contributed by atoms with Gasteiger partial charge in [0, 0.05) is 19.0 Å². The van der Waals surface area contributed by atoms with Gasteiger partial charge in [-0.3, -0.25) is 9.59 Å².